The number of hydrogen-bond acceptors (Lipinski definition) is 4. The Hall–Kier alpha value is -1.81. The molecule has 2 rings (SSSR count). The monoisotopic (exact) mass is 244 g/mol. The molecular weight excluding hydrogens is 224 g/mol. The number of anilines is 2. The van der Waals surface area contributed by atoms with Crippen LogP contribution in [0.25, 0.3) is 10.8 Å². The molecule has 4 nitrogen and oxygen atoms in total. The Balaban J connectivity index is 2.26. The van der Waals surface area contributed by atoms with Crippen molar-refractivity contribution in [2.45, 2.75) is 13.0 Å². The van der Waals surface area contributed by atoms with Crippen molar-refractivity contribution in [3.05, 3.63) is 30.6 Å². The molecule has 1 aromatic heterocycles. The lowest BCUT2D eigenvalue weighted by atomic mass is 10.1. The molecule has 4 heteroatoms. The lowest BCUT2D eigenvalue weighted by Crippen LogP contribution is -2.31. The predicted molar refractivity (Wildman–Crippen MR) is 77.8 cm³/mol. The number of fused-ring (bicyclic) bond motifs is 1. The largest absolute Gasteiger partial charge is 0.398 e. The summed E-state index contributed by atoms with van der Waals surface area (Å²) >= 11 is 0. The van der Waals surface area contributed by atoms with E-state index in [1.165, 1.54) is 0 Å². The van der Waals surface area contributed by atoms with Gasteiger partial charge in [0.05, 0.1) is 0 Å². The third kappa shape index (κ3) is 2.54. The maximum Gasteiger partial charge on any atom is 0.0437 e. The molecule has 0 saturated carbocycles. The lowest BCUT2D eigenvalue weighted by molar-refractivity contribution is 0.326. The van der Waals surface area contributed by atoms with E-state index in [1.54, 1.807) is 6.20 Å². The highest BCUT2D eigenvalue weighted by Gasteiger charge is 2.07. The minimum Gasteiger partial charge on any atom is -0.398 e. The number of benzene rings is 1. The van der Waals surface area contributed by atoms with Crippen LogP contribution >= 0.6 is 0 Å². The van der Waals surface area contributed by atoms with Gasteiger partial charge in [-0.2, -0.15) is 0 Å². The average molecular weight is 244 g/mol. The minimum atomic E-state index is 0.467. The summed E-state index contributed by atoms with van der Waals surface area (Å²) in [6.07, 6.45) is 3.62. The van der Waals surface area contributed by atoms with E-state index < -0.39 is 0 Å². The molecule has 1 heterocycles. The fraction of sp³-hybridized carbons (Fsp3) is 0.357. The summed E-state index contributed by atoms with van der Waals surface area (Å²) in [6.45, 7) is 3.08. The summed E-state index contributed by atoms with van der Waals surface area (Å²) < 4.78 is 0. The van der Waals surface area contributed by atoms with Crippen LogP contribution in [0.2, 0.25) is 0 Å². The molecule has 0 bridgehead atoms. The zero-order valence-corrected chi connectivity index (χ0v) is 11.1. The van der Waals surface area contributed by atoms with Crippen molar-refractivity contribution in [2.24, 2.45) is 0 Å². The third-order valence-electron chi connectivity index (χ3n) is 3.32. The van der Waals surface area contributed by atoms with Gasteiger partial charge in [0.25, 0.3) is 0 Å². The molecule has 2 aromatic rings. The summed E-state index contributed by atoms with van der Waals surface area (Å²) in [5.74, 6) is 0. The first-order valence-corrected chi connectivity index (χ1v) is 6.12. The highest BCUT2D eigenvalue weighted by atomic mass is 15.1. The van der Waals surface area contributed by atoms with Crippen molar-refractivity contribution < 1.29 is 0 Å². The Labute approximate surface area is 108 Å². The number of rotatable bonds is 4. The van der Waals surface area contributed by atoms with Crippen LogP contribution < -0.4 is 11.1 Å². The van der Waals surface area contributed by atoms with Crippen molar-refractivity contribution in [1.29, 1.82) is 0 Å². The molecule has 0 amide bonds. The number of nitrogens with two attached hydrogens (primary N) is 1. The van der Waals surface area contributed by atoms with Crippen LogP contribution in [-0.2, 0) is 0 Å². The van der Waals surface area contributed by atoms with Gasteiger partial charge in [-0.3, -0.25) is 4.98 Å². The number of pyridine rings is 1. The summed E-state index contributed by atoms with van der Waals surface area (Å²) in [4.78, 5) is 6.36. The van der Waals surface area contributed by atoms with Crippen LogP contribution in [0.15, 0.2) is 30.6 Å². The van der Waals surface area contributed by atoms with Crippen LogP contribution in [0.4, 0.5) is 11.4 Å². The topological polar surface area (TPSA) is 54.2 Å². The smallest absolute Gasteiger partial charge is 0.0437 e. The maximum atomic E-state index is 5.97. The second kappa shape index (κ2) is 5.23. The molecule has 1 unspecified atom stereocenters. The fourth-order valence-electron chi connectivity index (χ4n) is 1.81. The molecule has 0 spiro atoms. The Morgan fingerprint density at radius 1 is 1.28 bits per heavy atom. The third-order valence-corrected chi connectivity index (χ3v) is 3.32. The molecule has 3 N–H and O–H groups in total. The highest BCUT2D eigenvalue weighted by molar-refractivity contribution is 6.00. The number of nitrogens with zero attached hydrogens (tertiary/aromatic N) is 2. The molecule has 0 radical (unpaired) electrons. The van der Waals surface area contributed by atoms with Crippen LogP contribution in [0.1, 0.15) is 6.92 Å². The first-order valence-electron chi connectivity index (χ1n) is 6.12. The summed E-state index contributed by atoms with van der Waals surface area (Å²) in [5, 5.41) is 5.58. The van der Waals surface area contributed by atoms with Gasteiger partial charge in [0.1, 0.15) is 0 Å². The van der Waals surface area contributed by atoms with Gasteiger partial charge in [-0.05, 0) is 39.2 Å². The van der Waals surface area contributed by atoms with Crippen molar-refractivity contribution in [3.63, 3.8) is 0 Å². The normalized spacial score (nSPS) is 12.9. The van der Waals surface area contributed by atoms with Gasteiger partial charge in [-0.25, -0.2) is 0 Å². The molecule has 0 aliphatic heterocycles. The molecule has 0 saturated heterocycles. The van der Waals surface area contributed by atoms with Gasteiger partial charge in [-0.15, -0.1) is 0 Å². The van der Waals surface area contributed by atoms with E-state index in [-0.39, 0.29) is 0 Å². The number of hydrogen-bond donors (Lipinski definition) is 2. The average Bonchev–Trinajstić information content (AvgIpc) is 2.38. The molecule has 18 heavy (non-hydrogen) atoms. The first-order chi connectivity index (χ1) is 8.59. The highest BCUT2D eigenvalue weighted by Crippen LogP contribution is 2.27. The van der Waals surface area contributed by atoms with Gasteiger partial charge in [0.15, 0.2) is 0 Å². The Morgan fingerprint density at radius 2 is 2.06 bits per heavy atom. The summed E-state index contributed by atoms with van der Waals surface area (Å²) in [7, 11) is 4.16. The molecule has 0 aliphatic carbocycles. The molecule has 96 valence electrons. The van der Waals surface area contributed by atoms with E-state index in [4.69, 9.17) is 5.73 Å². The van der Waals surface area contributed by atoms with Crippen LogP contribution in [0, 0.1) is 0 Å². The van der Waals surface area contributed by atoms with Gasteiger partial charge in [0, 0.05) is 47.1 Å². The zero-order valence-electron chi connectivity index (χ0n) is 11.1. The van der Waals surface area contributed by atoms with Crippen LogP contribution in [0.3, 0.4) is 0 Å². The van der Waals surface area contributed by atoms with Crippen molar-refractivity contribution >= 4 is 22.1 Å². The second-order valence-electron chi connectivity index (χ2n) is 4.82. The minimum absolute atomic E-state index is 0.467. The second-order valence-corrected chi connectivity index (χ2v) is 4.82. The SMILES string of the molecule is CC(CNc1ccc(N)c2ccncc12)N(C)C. The Kier molecular flexibility index (Phi) is 3.67. The van der Waals surface area contributed by atoms with E-state index in [2.05, 4.69) is 36.2 Å². The Morgan fingerprint density at radius 3 is 2.78 bits per heavy atom. The fourth-order valence-corrected chi connectivity index (χ4v) is 1.81. The standard InChI is InChI=1S/C14H20N4/c1-10(18(2)3)8-17-14-5-4-13(15)11-6-7-16-9-12(11)14/h4-7,9-10,17H,8,15H2,1-3H3. The van der Waals surface area contributed by atoms with Crippen LogP contribution in [-0.4, -0.2) is 36.6 Å². The molecular formula is C14H20N4. The molecule has 1 aromatic carbocycles. The molecule has 0 aliphatic rings. The van der Waals surface area contributed by atoms with Crippen LogP contribution in [0.5, 0.6) is 0 Å². The van der Waals surface area contributed by atoms with Gasteiger partial charge in [0.2, 0.25) is 0 Å². The van der Waals surface area contributed by atoms with Gasteiger partial charge < -0.3 is 16.0 Å². The van der Waals surface area contributed by atoms with E-state index in [0.29, 0.717) is 6.04 Å². The van der Waals surface area contributed by atoms with E-state index in [0.717, 1.165) is 28.7 Å². The summed E-state index contributed by atoms with van der Waals surface area (Å²) in [5.41, 5.74) is 7.84. The van der Waals surface area contributed by atoms with Crippen molar-refractivity contribution in [3.8, 4) is 0 Å². The zero-order chi connectivity index (χ0) is 13.1. The number of nitrogen functional groups attached to an aromatic ring is 1. The van der Waals surface area contributed by atoms with Gasteiger partial charge >= 0.3 is 0 Å². The van der Waals surface area contributed by atoms with E-state index in [1.807, 2.05) is 24.4 Å². The number of aromatic nitrogens is 1. The predicted octanol–water partition coefficient (Wildman–Crippen LogP) is 2.18. The maximum absolute atomic E-state index is 5.97. The first kappa shape index (κ1) is 12.6. The van der Waals surface area contributed by atoms with Gasteiger partial charge in [-0.1, -0.05) is 0 Å². The lowest BCUT2D eigenvalue weighted by Gasteiger charge is -2.21. The molecule has 0 fully saturated rings. The Bertz CT molecular complexity index is 536. The molecule has 1 atom stereocenters. The summed E-state index contributed by atoms with van der Waals surface area (Å²) in [6, 6.07) is 6.37. The van der Waals surface area contributed by atoms with Crippen molar-refractivity contribution in [1.82, 2.24) is 9.88 Å². The quantitative estimate of drug-likeness (QED) is 0.809. The van der Waals surface area contributed by atoms with E-state index in [9.17, 15) is 0 Å². The number of nitrogens with one attached hydrogen (secondary N) is 1. The van der Waals surface area contributed by atoms with Crippen molar-refractivity contribution in [2.75, 3.05) is 31.7 Å². The number of likely N-dealkylation sites (N-methyl/N-ethyl adjacent to an activating group) is 1. The van der Waals surface area contributed by atoms with E-state index >= 15 is 0 Å².